The van der Waals surface area contributed by atoms with E-state index in [1.807, 2.05) is 6.07 Å². The number of hydrogen-bond acceptors (Lipinski definition) is 2. The van der Waals surface area contributed by atoms with Gasteiger partial charge >= 0.3 is 0 Å². The fraction of sp³-hybridized carbons (Fsp3) is 0. The molecule has 2 N–H and O–H groups in total. The molecule has 86 valence electrons. The van der Waals surface area contributed by atoms with E-state index in [1.165, 1.54) is 12.1 Å². The predicted molar refractivity (Wildman–Crippen MR) is 67.7 cm³/mol. The largest absolute Gasteiger partial charge is 0.398 e. The highest BCUT2D eigenvalue weighted by Crippen LogP contribution is 2.24. The van der Waals surface area contributed by atoms with Crippen molar-refractivity contribution >= 4 is 23.4 Å². The van der Waals surface area contributed by atoms with Gasteiger partial charge in [-0.1, -0.05) is 23.7 Å². The molecule has 4 heteroatoms. The van der Waals surface area contributed by atoms with Crippen molar-refractivity contribution in [2.45, 2.75) is 0 Å². The van der Waals surface area contributed by atoms with Gasteiger partial charge < -0.3 is 5.73 Å². The van der Waals surface area contributed by atoms with Crippen molar-refractivity contribution in [3.05, 3.63) is 64.7 Å². The lowest BCUT2D eigenvalue weighted by Crippen LogP contribution is -2.00. The van der Waals surface area contributed by atoms with Crippen LogP contribution in [0.25, 0.3) is 11.8 Å². The Bertz CT molecular complexity index is 532. The summed E-state index contributed by atoms with van der Waals surface area (Å²) in [7, 11) is 0. The molecule has 0 unspecified atom stereocenters. The van der Waals surface area contributed by atoms with E-state index in [2.05, 4.69) is 4.98 Å². The summed E-state index contributed by atoms with van der Waals surface area (Å²) in [5.74, 6) is -0.442. The number of aromatic nitrogens is 1. The molecule has 0 aliphatic carbocycles. The monoisotopic (exact) mass is 248 g/mol. The fourth-order valence-electron chi connectivity index (χ4n) is 1.47. The summed E-state index contributed by atoms with van der Waals surface area (Å²) in [4.78, 5) is 4.08. The van der Waals surface area contributed by atoms with Crippen molar-refractivity contribution < 1.29 is 4.39 Å². The van der Waals surface area contributed by atoms with Crippen LogP contribution in [0, 0.1) is 5.82 Å². The Labute approximate surface area is 104 Å². The van der Waals surface area contributed by atoms with Crippen LogP contribution >= 0.6 is 11.6 Å². The van der Waals surface area contributed by atoms with Gasteiger partial charge in [0.05, 0.1) is 16.3 Å². The number of nitrogens with two attached hydrogens (primary N) is 1. The third kappa shape index (κ3) is 2.63. The van der Waals surface area contributed by atoms with Crippen molar-refractivity contribution in [1.82, 2.24) is 4.98 Å². The maximum Gasteiger partial charge on any atom is 0.134 e. The smallest absolute Gasteiger partial charge is 0.134 e. The highest BCUT2D eigenvalue weighted by atomic mass is 35.5. The second-order valence-electron chi connectivity index (χ2n) is 3.45. The molecular weight excluding hydrogens is 239 g/mol. The Morgan fingerprint density at radius 2 is 2.06 bits per heavy atom. The molecule has 0 saturated carbocycles. The van der Waals surface area contributed by atoms with E-state index in [0.717, 1.165) is 0 Å². The second kappa shape index (κ2) is 4.97. The van der Waals surface area contributed by atoms with Crippen LogP contribution in [-0.4, -0.2) is 4.98 Å². The van der Waals surface area contributed by atoms with Gasteiger partial charge in [-0.15, -0.1) is 0 Å². The average molecular weight is 249 g/mol. The first-order valence-electron chi connectivity index (χ1n) is 5.01. The average Bonchev–Trinajstić information content (AvgIpc) is 2.30. The molecule has 1 aromatic heterocycles. The van der Waals surface area contributed by atoms with E-state index in [9.17, 15) is 4.39 Å². The lowest BCUT2D eigenvalue weighted by molar-refractivity contribution is 0.624. The van der Waals surface area contributed by atoms with Crippen molar-refractivity contribution in [2.75, 3.05) is 0 Å². The Hall–Kier alpha value is -1.87. The molecule has 0 spiro atoms. The summed E-state index contributed by atoms with van der Waals surface area (Å²) in [5, 5.41) is 0.287. The van der Waals surface area contributed by atoms with E-state index >= 15 is 0 Å². The van der Waals surface area contributed by atoms with Crippen LogP contribution in [0.1, 0.15) is 11.3 Å². The van der Waals surface area contributed by atoms with Crippen molar-refractivity contribution in [2.24, 2.45) is 5.73 Å². The van der Waals surface area contributed by atoms with Gasteiger partial charge in [0.15, 0.2) is 0 Å². The van der Waals surface area contributed by atoms with Crippen LogP contribution in [-0.2, 0) is 0 Å². The lowest BCUT2D eigenvalue weighted by atomic mass is 10.1. The molecule has 0 amide bonds. The van der Waals surface area contributed by atoms with Crippen LogP contribution < -0.4 is 5.73 Å². The first kappa shape index (κ1) is 11.6. The van der Waals surface area contributed by atoms with Crippen LogP contribution in [0.15, 0.2) is 42.6 Å². The molecule has 2 aromatic rings. The highest BCUT2D eigenvalue weighted by Gasteiger charge is 2.09. The number of halogens is 2. The standard InChI is InChI=1S/C13H10ClFN2/c14-10-5-3-6-11(15)13(10)12(16)8-9-4-1-2-7-17-9/h1-8H,16H2/b12-8+. The van der Waals surface area contributed by atoms with Gasteiger partial charge in [-0.05, 0) is 30.3 Å². The number of benzene rings is 1. The zero-order valence-corrected chi connectivity index (χ0v) is 9.66. The second-order valence-corrected chi connectivity index (χ2v) is 3.86. The summed E-state index contributed by atoms with van der Waals surface area (Å²) < 4.78 is 13.6. The summed E-state index contributed by atoms with van der Waals surface area (Å²) in [6.07, 6.45) is 3.23. The SMILES string of the molecule is N/C(=C/c1ccccn1)c1c(F)cccc1Cl. The molecule has 2 rings (SSSR count). The molecule has 1 heterocycles. The van der Waals surface area contributed by atoms with E-state index in [1.54, 1.807) is 30.5 Å². The first-order chi connectivity index (χ1) is 8.18. The normalized spacial score (nSPS) is 11.5. The maximum atomic E-state index is 13.6. The Kier molecular flexibility index (Phi) is 3.40. The van der Waals surface area contributed by atoms with Gasteiger partial charge in [-0.3, -0.25) is 4.98 Å². The van der Waals surface area contributed by atoms with Gasteiger partial charge in [-0.25, -0.2) is 4.39 Å². The molecule has 0 atom stereocenters. The zero-order chi connectivity index (χ0) is 12.3. The van der Waals surface area contributed by atoms with E-state index in [-0.39, 0.29) is 16.3 Å². The molecule has 0 radical (unpaired) electrons. The van der Waals surface area contributed by atoms with Crippen molar-refractivity contribution in [3.8, 4) is 0 Å². The summed E-state index contributed by atoms with van der Waals surface area (Å²) in [6.45, 7) is 0. The van der Waals surface area contributed by atoms with Gasteiger partial charge in [0.1, 0.15) is 5.82 Å². The quantitative estimate of drug-likeness (QED) is 0.885. The minimum absolute atomic E-state index is 0.208. The molecule has 0 aliphatic heterocycles. The van der Waals surface area contributed by atoms with Gasteiger partial charge in [-0.2, -0.15) is 0 Å². The molecule has 1 aromatic carbocycles. The molecule has 17 heavy (non-hydrogen) atoms. The maximum absolute atomic E-state index is 13.6. The zero-order valence-electron chi connectivity index (χ0n) is 8.90. The van der Waals surface area contributed by atoms with Crippen LogP contribution in [0.4, 0.5) is 4.39 Å². The Morgan fingerprint density at radius 1 is 1.24 bits per heavy atom. The number of hydrogen-bond donors (Lipinski definition) is 1. The van der Waals surface area contributed by atoms with E-state index < -0.39 is 5.82 Å². The summed E-state index contributed by atoms with van der Waals surface area (Å²) in [5.41, 5.74) is 6.95. The van der Waals surface area contributed by atoms with Crippen LogP contribution in [0.2, 0.25) is 5.02 Å². The first-order valence-corrected chi connectivity index (χ1v) is 5.39. The number of pyridine rings is 1. The minimum atomic E-state index is -0.442. The van der Waals surface area contributed by atoms with Crippen LogP contribution in [0.3, 0.4) is 0 Å². The summed E-state index contributed by atoms with van der Waals surface area (Å²) in [6, 6.07) is 9.86. The molecule has 2 nitrogen and oxygen atoms in total. The minimum Gasteiger partial charge on any atom is -0.398 e. The number of nitrogens with zero attached hydrogens (tertiary/aromatic N) is 1. The lowest BCUT2D eigenvalue weighted by Gasteiger charge is -2.05. The summed E-state index contributed by atoms with van der Waals surface area (Å²) >= 11 is 5.91. The van der Waals surface area contributed by atoms with Crippen molar-refractivity contribution in [3.63, 3.8) is 0 Å². The third-order valence-corrected chi connectivity index (χ3v) is 2.56. The highest BCUT2D eigenvalue weighted by molar-refractivity contribution is 6.32. The van der Waals surface area contributed by atoms with E-state index in [0.29, 0.717) is 5.69 Å². The Balaban J connectivity index is 2.44. The number of rotatable bonds is 2. The Morgan fingerprint density at radius 3 is 2.71 bits per heavy atom. The van der Waals surface area contributed by atoms with E-state index in [4.69, 9.17) is 17.3 Å². The molecular formula is C13H10ClFN2. The fourth-order valence-corrected chi connectivity index (χ4v) is 1.74. The molecule has 0 aliphatic rings. The third-order valence-electron chi connectivity index (χ3n) is 2.24. The van der Waals surface area contributed by atoms with Gasteiger partial charge in [0.2, 0.25) is 0 Å². The molecule has 0 saturated heterocycles. The van der Waals surface area contributed by atoms with Crippen molar-refractivity contribution in [1.29, 1.82) is 0 Å². The van der Waals surface area contributed by atoms with Gasteiger partial charge in [0.25, 0.3) is 0 Å². The van der Waals surface area contributed by atoms with Crippen LogP contribution in [0.5, 0.6) is 0 Å². The molecule has 0 bridgehead atoms. The molecule has 0 fully saturated rings. The predicted octanol–water partition coefficient (Wildman–Crippen LogP) is 3.33. The van der Waals surface area contributed by atoms with Gasteiger partial charge in [0, 0.05) is 11.9 Å². The topological polar surface area (TPSA) is 38.9 Å².